The van der Waals surface area contributed by atoms with Gasteiger partial charge in [-0.25, -0.2) is 9.67 Å². The van der Waals surface area contributed by atoms with Gasteiger partial charge in [-0.2, -0.15) is 5.10 Å². The third kappa shape index (κ3) is 3.71. The summed E-state index contributed by atoms with van der Waals surface area (Å²) in [7, 11) is 0. The monoisotopic (exact) mass is 421 g/mol. The van der Waals surface area contributed by atoms with Crippen molar-refractivity contribution in [3.05, 3.63) is 81.1 Å². The van der Waals surface area contributed by atoms with Crippen molar-refractivity contribution < 1.29 is 4.79 Å². The molecule has 4 rings (SSSR count). The van der Waals surface area contributed by atoms with Crippen LogP contribution < -0.4 is 10.9 Å². The molecule has 0 spiro atoms. The maximum Gasteiger partial charge on any atom is 0.261 e. The molecule has 4 aromatic rings. The summed E-state index contributed by atoms with van der Waals surface area (Å²) in [6.45, 7) is 5.58. The summed E-state index contributed by atoms with van der Waals surface area (Å²) < 4.78 is 3.05. The molecule has 0 saturated carbocycles. The molecule has 30 heavy (non-hydrogen) atoms. The Balaban J connectivity index is 1.59. The predicted molar refractivity (Wildman–Crippen MR) is 117 cm³/mol. The highest BCUT2D eigenvalue weighted by molar-refractivity contribution is 6.31. The Morgan fingerprint density at radius 3 is 2.57 bits per heavy atom. The number of hydrogen-bond acceptors (Lipinski definition) is 4. The number of benzene rings is 2. The lowest BCUT2D eigenvalue weighted by molar-refractivity contribution is -0.116. The van der Waals surface area contributed by atoms with Gasteiger partial charge < -0.3 is 5.32 Å². The Bertz CT molecular complexity index is 1320. The van der Waals surface area contributed by atoms with Crippen LogP contribution in [-0.2, 0) is 11.3 Å². The summed E-state index contributed by atoms with van der Waals surface area (Å²) in [6.07, 6.45) is 1.37. The molecule has 1 N–H and O–H groups in total. The minimum atomic E-state index is -0.338. The fraction of sp³-hybridized carbons (Fsp3) is 0.182. The molecule has 0 aliphatic carbocycles. The summed E-state index contributed by atoms with van der Waals surface area (Å²) in [5, 5.41) is 8.24. The van der Waals surface area contributed by atoms with E-state index in [0.29, 0.717) is 27.3 Å². The predicted octanol–water partition coefficient (Wildman–Crippen LogP) is 3.80. The van der Waals surface area contributed by atoms with Gasteiger partial charge in [0.05, 0.1) is 40.0 Å². The zero-order valence-corrected chi connectivity index (χ0v) is 17.6. The third-order valence-corrected chi connectivity index (χ3v) is 5.17. The number of hydrogen-bond donors (Lipinski definition) is 1. The van der Waals surface area contributed by atoms with Crippen molar-refractivity contribution in [3.8, 4) is 5.69 Å². The Hall–Kier alpha value is -3.45. The first-order valence-electron chi connectivity index (χ1n) is 9.41. The third-order valence-electron chi connectivity index (χ3n) is 4.93. The number of fused-ring (bicyclic) bond motifs is 1. The first-order chi connectivity index (χ1) is 14.3. The molecule has 0 radical (unpaired) electrons. The molecule has 8 heteroatoms. The average molecular weight is 422 g/mol. The number of aromatic nitrogens is 4. The van der Waals surface area contributed by atoms with Gasteiger partial charge in [-0.3, -0.25) is 14.2 Å². The Morgan fingerprint density at radius 2 is 1.83 bits per heavy atom. The molecular weight excluding hydrogens is 402 g/mol. The second-order valence-electron chi connectivity index (χ2n) is 7.18. The second kappa shape index (κ2) is 7.76. The molecule has 2 aromatic heterocycles. The van der Waals surface area contributed by atoms with Crippen LogP contribution in [0.15, 0.2) is 53.6 Å². The standard InChI is InChI=1S/C22H20ClN5O2/c1-13-4-7-17(8-5-13)28-15(3)21(14(2)26-28)25-20(29)11-27-12-24-19-9-6-16(23)10-18(19)22(27)30/h4-10,12H,11H2,1-3H3,(H,25,29). The number of carbonyl (C=O) groups excluding carboxylic acids is 1. The van der Waals surface area contributed by atoms with Crippen molar-refractivity contribution in [1.82, 2.24) is 19.3 Å². The van der Waals surface area contributed by atoms with E-state index in [1.54, 1.807) is 22.9 Å². The molecule has 1 amide bonds. The van der Waals surface area contributed by atoms with Crippen LogP contribution in [0.3, 0.4) is 0 Å². The van der Waals surface area contributed by atoms with Crippen LogP contribution in [0, 0.1) is 20.8 Å². The van der Waals surface area contributed by atoms with Gasteiger partial charge >= 0.3 is 0 Å². The van der Waals surface area contributed by atoms with Gasteiger partial charge in [0.2, 0.25) is 5.91 Å². The van der Waals surface area contributed by atoms with E-state index in [4.69, 9.17) is 11.6 Å². The first-order valence-corrected chi connectivity index (χ1v) is 9.79. The Morgan fingerprint density at radius 1 is 1.10 bits per heavy atom. The van der Waals surface area contributed by atoms with Crippen molar-refractivity contribution in [2.75, 3.05) is 5.32 Å². The molecular formula is C22H20ClN5O2. The summed E-state index contributed by atoms with van der Waals surface area (Å²) in [5.41, 5.74) is 4.41. The lowest BCUT2D eigenvalue weighted by Gasteiger charge is -2.09. The summed E-state index contributed by atoms with van der Waals surface area (Å²) >= 11 is 5.99. The highest BCUT2D eigenvalue weighted by Gasteiger charge is 2.16. The minimum absolute atomic E-state index is 0.164. The van der Waals surface area contributed by atoms with Gasteiger partial charge in [0.25, 0.3) is 5.56 Å². The average Bonchev–Trinajstić information content (AvgIpc) is 2.99. The van der Waals surface area contributed by atoms with E-state index >= 15 is 0 Å². The molecule has 0 bridgehead atoms. The van der Waals surface area contributed by atoms with E-state index in [1.807, 2.05) is 45.0 Å². The van der Waals surface area contributed by atoms with E-state index in [1.165, 1.54) is 10.9 Å². The zero-order chi connectivity index (χ0) is 21.4. The lowest BCUT2D eigenvalue weighted by Crippen LogP contribution is -2.28. The molecule has 0 aliphatic heterocycles. The van der Waals surface area contributed by atoms with Crippen molar-refractivity contribution in [2.24, 2.45) is 0 Å². The largest absolute Gasteiger partial charge is 0.321 e. The van der Waals surface area contributed by atoms with E-state index in [0.717, 1.165) is 16.9 Å². The molecule has 0 atom stereocenters. The molecule has 0 fully saturated rings. The molecule has 2 heterocycles. The topological polar surface area (TPSA) is 81.8 Å². The van der Waals surface area contributed by atoms with E-state index in [9.17, 15) is 9.59 Å². The number of anilines is 1. The van der Waals surface area contributed by atoms with Gasteiger partial charge in [-0.1, -0.05) is 29.3 Å². The first kappa shape index (κ1) is 19.8. The molecule has 2 aromatic carbocycles. The number of carbonyl (C=O) groups is 1. The van der Waals surface area contributed by atoms with Crippen LogP contribution >= 0.6 is 11.6 Å². The summed E-state index contributed by atoms with van der Waals surface area (Å²) in [6, 6.07) is 12.9. The smallest absolute Gasteiger partial charge is 0.261 e. The van der Waals surface area contributed by atoms with Crippen LogP contribution in [0.1, 0.15) is 17.0 Å². The second-order valence-corrected chi connectivity index (χ2v) is 7.62. The number of nitrogens with one attached hydrogen (secondary N) is 1. The van der Waals surface area contributed by atoms with Crippen molar-refractivity contribution in [1.29, 1.82) is 0 Å². The SMILES string of the molecule is Cc1ccc(-n2nc(C)c(NC(=O)Cn3cnc4ccc(Cl)cc4c3=O)c2C)cc1. The molecule has 7 nitrogen and oxygen atoms in total. The minimum Gasteiger partial charge on any atom is -0.321 e. The van der Waals surface area contributed by atoms with Crippen molar-refractivity contribution in [3.63, 3.8) is 0 Å². The number of halogens is 1. The molecule has 152 valence electrons. The van der Waals surface area contributed by atoms with Crippen LogP contribution in [0.4, 0.5) is 5.69 Å². The number of aryl methyl sites for hydroxylation is 2. The molecule has 0 aliphatic rings. The highest BCUT2D eigenvalue weighted by Crippen LogP contribution is 2.23. The summed E-state index contributed by atoms with van der Waals surface area (Å²) in [5.74, 6) is -0.338. The highest BCUT2D eigenvalue weighted by atomic mass is 35.5. The van der Waals surface area contributed by atoms with Crippen LogP contribution in [0.5, 0.6) is 0 Å². The number of nitrogens with zero attached hydrogens (tertiary/aromatic N) is 4. The van der Waals surface area contributed by atoms with Gasteiger partial charge in [-0.15, -0.1) is 0 Å². The molecule has 0 saturated heterocycles. The van der Waals surface area contributed by atoms with Crippen LogP contribution in [-0.4, -0.2) is 25.2 Å². The Kier molecular flexibility index (Phi) is 5.13. The Labute approximate surface area is 177 Å². The molecule has 0 unspecified atom stereocenters. The number of amides is 1. The zero-order valence-electron chi connectivity index (χ0n) is 16.8. The quantitative estimate of drug-likeness (QED) is 0.543. The van der Waals surface area contributed by atoms with Crippen LogP contribution in [0.25, 0.3) is 16.6 Å². The normalized spacial score (nSPS) is 11.1. The fourth-order valence-corrected chi connectivity index (χ4v) is 3.51. The summed E-state index contributed by atoms with van der Waals surface area (Å²) in [4.78, 5) is 29.6. The van der Waals surface area contributed by atoms with Gasteiger partial charge in [0, 0.05) is 5.02 Å². The van der Waals surface area contributed by atoms with Crippen molar-refractivity contribution >= 4 is 34.1 Å². The maximum absolute atomic E-state index is 12.7. The fourth-order valence-electron chi connectivity index (χ4n) is 3.34. The van der Waals surface area contributed by atoms with E-state index in [-0.39, 0.29) is 18.0 Å². The van der Waals surface area contributed by atoms with Gasteiger partial charge in [-0.05, 0) is 51.1 Å². The van der Waals surface area contributed by atoms with Gasteiger partial charge in [0.1, 0.15) is 6.54 Å². The maximum atomic E-state index is 12.7. The van der Waals surface area contributed by atoms with E-state index in [2.05, 4.69) is 15.4 Å². The van der Waals surface area contributed by atoms with Crippen molar-refractivity contribution in [2.45, 2.75) is 27.3 Å². The van der Waals surface area contributed by atoms with E-state index < -0.39 is 0 Å². The number of rotatable bonds is 4. The van der Waals surface area contributed by atoms with Gasteiger partial charge in [0.15, 0.2) is 0 Å². The lowest BCUT2D eigenvalue weighted by atomic mass is 10.2. The van der Waals surface area contributed by atoms with Crippen LogP contribution in [0.2, 0.25) is 5.02 Å².